The maximum atomic E-state index is 11.5. The van der Waals surface area contributed by atoms with E-state index in [0.29, 0.717) is 5.75 Å². The fourth-order valence-electron chi connectivity index (χ4n) is 2.01. The van der Waals surface area contributed by atoms with E-state index in [1.54, 1.807) is 6.20 Å². The molecule has 0 saturated carbocycles. The van der Waals surface area contributed by atoms with Gasteiger partial charge in [-0.25, -0.2) is 8.42 Å². The number of anilines is 1. The summed E-state index contributed by atoms with van der Waals surface area (Å²) in [5.74, 6) is 0.542. The third-order valence-corrected chi connectivity index (χ3v) is 5.13. The first-order valence-corrected chi connectivity index (χ1v) is 8.17. The number of nitrogens with zero attached hydrogens (tertiary/aromatic N) is 1. The molecule has 1 fully saturated rings. The van der Waals surface area contributed by atoms with Crippen molar-refractivity contribution in [1.82, 2.24) is 4.98 Å². The Bertz CT molecular complexity index is 516. The van der Waals surface area contributed by atoms with Gasteiger partial charge < -0.3 is 5.32 Å². The zero-order chi connectivity index (χ0) is 12.5. The lowest BCUT2D eigenvalue weighted by atomic mass is 10.1. The molecule has 94 valence electrons. The summed E-state index contributed by atoms with van der Waals surface area (Å²) in [5.41, 5.74) is 1.79. The van der Waals surface area contributed by atoms with E-state index < -0.39 is 9.84 Å². The van der Waals surface area contributed by atoms with Gasteiger partial charge in [-0.2, -0.15) is 0 Å². The molecule has 0 bridgehead atoms. The molecule has 1 saturated heterocycles. The molecule has 1 aliphatic rings. The molecule has 6 heteroatoms. The highest BCUT2D eigenvalue weighted by Gasteiger charge is 2.24. The van der Waals surface area contributed by atoms with E-state index in [9.17, 15) is 8.42 Å². The predicted octanol–water partition coefficient (Wildman–Crippen LogP) is 2.14. The first-order chi connectivity index (χ1) is 7.96. The van der Waals surface area contributed by atoms with Crippen molar-refractivity contribution in [3.63, 3.8) is 0 Å². The van der Waals surface area contributed by atoms with Crippen molar-refractivity contribution in [1.29, 1.82) is 0 Å². The molecule has 1 unspecified atom stereocenters. The van der Waals surface area contributed by atoms with Crippen molar-refractivity contribution >= 4 is 31.5 Å². The Balaban J connectivity index is 2.13. The van der Waals surface area contributed by atoms with E-state index in [0.717, 1.165) is 28.7 Å². The summed E-state index contributed by atoms with van der Waals surface area (Å²) in [6, 6.07) is 1.94. The lowest BCUT2D eigenvalue weighted by Crippen LogP contribution is -2.35. The number of hydrogen-bond donors (Lipinski definition) is 1. The van der Waals surface area contributed by atoms with Crippen molar-refractivity contribution in [2.45, 2.75) is 25.8 Å². The molecule has 1 aromatic rings. The van der Waals surface area contributed by atoms with Gasteiger partial charge >= 0.3 is 0 Å². The number of aryl methyl sites for hydroxylation is 1. The molecule has 17 heavy (non-hydrogen) atoms. The van der Waals surface area contributed by atoms with E-state index in [1.165, 1.54) is 0 Å². The fourth-order valence-corrected chi connectivity index (χ4v) is 3.98. The smallest absolute Gasteiger partial charge is 0.152 e. The van der Waals surface area contributed by atoms with Crippen molar-refractivity contribution in [3.05, 3.63) is 22.4 Å². The maximum absolute atomic E-state index is 11.5. The highest BCUT2D eigenvalue weighted by Crippen LogP contribution is 2.22. The largest absolute Gasteiger partial charge is 0.380 e. The van der Waals surface area contributed by atoms with Crippen LogP contribution in [0.25, 0.3) is 0 Å². The molecule has 0 aliphatic carbocycles. The second-order valence-electron chi connectivity index (χ2n) is 4.38. The van der Waals surface area contributed by atoms with Crippen LogP contribution in [0.5, 0.6) is 0 Å². The van der Waals surface area contributed by atoms with Crippen LogP contribution < -0.4 is 5.32 Å². The Hall–Kier alpha value is -0.620. The normalized spacial score (nSPS) is 23.3. The van der Waals surface area contributed by atoms with Crippen LogP contribution >= 0.6 is 15.9 Å². The Morgan fingerprint density at radius 2 is 2.29 bits per heavy atom. The number of hydrogen-bond acceptors (Lipinski definition) is 4. The summed E-state index contributed by atoms with van der Waals surface area (Å²) in [5, 5.41) is 3.27. The van der Waals surface area contributed by atoms with Crippen LogP contribution in [0, 0.1) is 6.92 Å². The molecule has 2 rings (SSSR count). The van der Waals surface area contributed by atoms with Crippen molar-refractivity contribution < 1.29 is 8.42 Å². The average Bonchev–Trinajstić information content (AvgIpc) is 2.22. The standard InChI is InChI=1S/C11H15BrN2O2S/c1-8-11(5-9(12)6-13-8)14-10-3-2-4-17(15,16)7-10/h5-6,10,14H,2-4,7H2,1H3. The van der Waals surface area contributed by atoms with Gasteiger partial charge in [-0.15, -0.1) is 0 Å². The third-order valence-electron chi connectivity index (χ3n) is 2.88. The Morgan fingerprint density at radius 1 is 1.53 bits per heavy atom. The zero-order valence-electron chi connectivity index (χ0n) is 9.61. The lowest BCUT2D eigenvalue weighted by molar-refractivity contribution is 0.562. The first kappa shape index (κ1) is 12.8. The van der Waals surface area contributed by atoms with Crippen LogP contribution in [0.1, 0.15) is 18.5 Å². The summed E-state index contributed by atoms with van der Waals surface area (Å²) in [7, 11) is -2.87. The molecule has 2 heterocycles. The highest BCUT2D eigenvalue weighted by molar-refractivity contribution is 9.10. The minimum absolute atomic E-state index is 0.00329. The van der Waals surface area contributed by atoms with Crippen LogP contribution in [0.3, 0.4) is 0 Å². The van der Waals surface area contributed by atoms with E-state index >= 15 is 0 Å². The van der Waals surface area contributed by atoms with Gasteiger partial charge in [0, 0.05) is 16.7 Å². The maximum Gasteiger partial charge on any atom is 0.152 e. The van der Waals surface area contributed by atoms with Gasteiger partial charge in [-0.1, -0.05) is 0 Å². The Labute approximate surface area is 110 Å². The molecule has 1 atom stereocenters. The minimum Gasteiger partial charge on any atom is -0.380 e. The summed E-state index contributed by atoms with van der Waals surface area (Å²) < 4.78 is 24.0. The molecule has 0 spiro atoms. The minimum atomic E-state index is -2.87. The molecule has 1 aliphatic heterocycles. The number of sulfone groups is 1. The third kappa shape index (κ3) is 3.42. The molecule has 1 aromatic heterocycles. The summed E-state index contributed by atoms with van der Waals surface area (Å²) in [6.07, 6.45) is 3.36. The Kier molecular flexibility index (Phi) is 3.73. The number of halogens is 1. The number of rotatable bonds is 2. The van der Waals surface area contributed by atoms with E-state index in [-0.39, 0.29) is 11.8 Å². The molecule has 1 N–H and O–H groups in total. The number of nitrogens with one attached hydrogen (secondary N) is 1. The lowest BCUT2D eigenvalue weighted by Gasteiger charge is -2.24. The van der Waals surface area contributed by atoms with Gasteiger partial charge in [0.05, 0.1) is 22.9 Å². The molecule has 0 radical (unpaired) electrons. The zero-order valence-corrected chi connectivity index (χ0v) is 12.0. The SMILES string of the molecule is Cc1ncc(Br)cc1NC1CCCS(=O)(=O)C1. The summed E-state index contributed by atoms with van der Waals surface area (Å²) in [6.45, 7) is 1.91. The summed E-state index contributed by atoms with van der Waals surface area (Å²) in [4.78, 5) is 4.22. The monoisotopic (exact) mass is 318 g/mol. The Morgan fingerprint density at radius 3 is 3.00 bits per heavy atom. The van der Waals surface area contributed by atoms with Crippen molar-refractivity contribution in [2.24, 2.45) is 0 Å². The van der Waals surface area contributed by atoms with E-state index in [4.69, 9.17) is 0 Å². The molecule has 0 amide bonds. The van der Waals surface area contributed by atoms with Crippen LogP contribution in [0.2, 0.25) is 0 Å². The van der Waals surface area contributed by atoms with Gasteiger partial charge in [0.2, 0.25) is 0 Å². The molecular formula is C11H15BrN2O2S. The van der Waals surface area contributed by atoms with Gasteiger partial charge in [-0.3, -0.25) is 4.98 Å². The van der Waals surface area contributed by atoms with Gasteiger partial charge in [0.15, 0.2) is 9.84 Å². The van der Waals surface area contributed by atoms with Crippen LogP contribution in [0.15, 0.2) is 16.7 Å². The second-order valence-corrected chi connectivity index (χ2v) is 7.53. The second kappa shape index (κ2) is 4.94. The van der Waals surface area contributed by atoms with Crippen molar-refractivity contribution in [3.8, 4) is 0 Å². The van der Waals surface area contributed by atoms with Crippen LogP contribution in [-0.2, 0) is 9.84 Å². The molecular weight excluding hydrogens is 304 g/mol. The average molecular weight is 319 g/mol. The van der Waals surface area contributed by atoms with Gasteiger partial charge in [0.25, 0.3) is 0 Å². The number of aromatic nitrogens is 1. The summed E-state index contributed by atoms with van der Waals surface area (Å²) >= 11 is 3.36. The molecule has 4 nitrogen and oxygen atoms in total. The quantitative estimate of drug-likeness (QED) is 0.907. The highest BCUT2D eigenvalue weighted by atomic mass is 79.9. The predicted molar refractivity (Wildman–Crippen MR) is 72.0 cm³/mol. The van der Waals surface area contributed by atoms with Crippen LogP contribution in [0.4, 0.5) is 5.69 Å². The topological polar surface area (TPSA) is 59.1 Å². The molecule has 0 aromatic carbocycles. The van der Waals surface area contributed by atoms with E-state index in [1.807, 2.05) is 13.0 Å². The first-order valence-electron chi connectivity index (χ1n) is 5.55. The van der Waals surface area contributed by atoms with Gasteiger partial charge in [0.1, 0.15) is 0 Å². The fraction of sp³-hybridized carbons (Fsp3) is 0.545. The van der Waals surface area contributed by atoms with Crippen molar-refractivity contribution in [2.75, 3.05) is 16.8 Å². The number of pyridine rings is 1. The van der Waals surface area contributed by atoms with Gasteiger partial charge in [-0.05, 0) is 41.8 Å². The van der Waals surface area contributed by atoms with Crippen LogP contribution in [-0.4, -0.2) is 30.9 Å². The van der Waals surface area contributed by atoms with E-state index in [2.05, 4.69) is 26.2 Å².